The van der Waals surface area contributed by atoms with E-state index in [0.717, 1.165) is 22.1 Å². The molecule has 0 saturated heterocycles. The second-order valence-electron chi connectivity index (χ2n) is 3.98. The molecule has 2 N–H and O–H groups in total. The van der Waals surface area contributed by atoms with Crippen molar-refractivity contribution in [2.24, 2.45) is 5.73 Å². The topological polar surface area (TPSA) is 76.3 Å². The van der Waals surface area contributed by atoms with Crippen LogP contribution in [-0.4, -0.2) is 39.0 Å². The lowest BCUT2D eigenvalue weighted by atomic mass is 10.3. The molecule has 0 aromatic carbocycles. The highest BCUT2D eigenvalue weighted by molar-refractivity contribution is 7.90. The summed E-state index contributed by atoms with van der Waals surface area (Å²) < 4.78 is 22.2. The van der Waals surface area contributed by atoms with E-state index in [-0.39, 0.29) is 5.75 Å². The first-order valence-corrected chi connectivity index (χ1v) is 8.32. The Kier molecular flexibility index (Phi) is 4.91. The number of thiazole rings is 1. The van der Waals surface area contributed by atoms with Crippen molar-refractivity contribution in [3.05, 3.63) is 10.6 Å². The summed E-state index contributed by atoms with van der Waals surface area (Å²) in [7, 11) is -1.08. The van der Waals surface area contributed by atoms with E-state index >= 15 is 0 Å². The summed E-state index contributed by atoms with van der Waals surface area (Å²) in [5, 5.41) is 0.839. The lowest BCUT2D eigenvalue weighted by Gasteiger charge is -2.14. The maximum Gasteiger partial charge on any atom is 0.185 e. The Morgan fingerprint density at radius 3 is 2.53 bits per heavy atom. The maximum atomic E-state index is 11.1. The van der Waals surface area contributed by atoms with Crippen molar-refractivity contribution in [2.45, 2.75) is 19.9 Å². The fourth-order valence-electron chi connectivity index (χ4n) is 1.37. The molecular formula is C10H19N3O2S2. The van der Waals surface area contributed by atoms with E-state index < -0.39 is 9.84 Å². The smallest absolute Gasteiger partial charge is 0.185 e. The number of aryl methyl sites for hydroxylation is 1. The predicted molar refractivity (Wildman–Crippen MR) is 72.4 cm³/mol. The minimum Gasteiger partial charge on any atom is -0.350 e. The fraction of sp³-hybridized carbons (Fsp3) is 0.700. The van der Waals surface area contributed by atoms with Gasteiger partial charge in [-0.05, 0) is 6.42 Å². The van der Waals surface area contributed by atoms with Crippen molar-refractivity contribution < 1.29 is 8.42 Å². The summed E-state index contributed by atoms with van der Waals surface area (Å²) in [5.41, 5.74) is 6.65. The molecule has 98 valence electrons. The highest BCUT2D eigenvalue weighted by atomic mass is 32.2. The van der Waals surface area contributed by atoms with E-state index in [4.69, 9.17) is 5.73 Å². The van der Waals surface area contributed by atoms with Crippen LogP contribution < -0.4 is 10.6 Å². The third-order valence-electron chi connectivity index (χ3n) is 2.41. The molecule has 0 aliphatic heterocycles. The second kappa shape index (κ2) is 5.79. The largest absolute Gasteiger partial charge is 0.350 e. The number of nitrogens with two attached hydrogens (primary N) is 1. The van der Waals surface area contributed by atoms with Gasteiger partial charge in [0.2, 0.25) is 0 Å². The quantitative estimate of drug-likeness (QED) is 0.826. The van der Waals surface area contributed by atoms with E-state index in [1.54, 1.807) is 0 Å². The van der Waals surface area contributed by atoms with Gasteiger partial charge in [0.25, 0.3) is 0 Å². The van der Waals surface area contributed by atoms with Crippen LogP contribution in [0.2, 0.25) is 0 Å². The van der Waals surface area contributed by atoms with Gasteiger partial charge in [-0.25, -0.2) is 13.4 Å². The van der Waals surface area contributed by atoms with Gasteiger partial charge in [0.05, 0.1) is 11.4 Å². The van der Waals surface area contributed by atoms with E-state index in [2.05, 4.69) is 4.98 Å². The molecule has 0 radical (unpaired) electrons. The number of rotatable bonds is 6. The molecule has 17 heavy (non-hydrogen) atoms. The van der Waals surface area contributed by atoms with E-state index in [0.29, 0.717) is 13.1 Å². The van der Waals surface area contributed by atoms with Crippen molar-refractivity contribution >= 4 is 26.3 Å². The molecule has 0 aliphatic rings. The molecule has 0 bridgehead atoms. The molecule has 5 nitrogen and oxygen atoms in total. The summed E-state index contributed by atoms with van der Waals surface area (Å²) in [6.45, 7) is 2.98. The van der Waals surface area contributed by atoms with Gasteiger partial charge in [0.1, 0.15) is 9.84 Å². The minimum absolute atomic E-state index is 0.141. The molecule has 0 saturated carbocycles. The van der Waals surface area contributed by atoms with Gasteiger partial charge in [-0.1, -0.05) is 6.92 Å². The molecule has 1 aromatic rings. The molecule has 1 heterocycles. The first-order chi connectivity index (χ1) is 7.87. The predicted octanol–water partition coefficient (Wildman–Crippen LogP) is 0.645. The van der Waals surface area contributed by atoms with Gasteiger partial charge in [0.15, 0.2) is 5.13 Å². The van der Waals surface area contributed by atoms with Crippen molar-refractivity contribution in [1.82, 2.24) is 4.98 Å². The first kappa shape index (κ1) is 14.4. The molecule has 0 amide bonds. The van der Waals surface area contributed by atoms with Crippen molar-refractivity contribution in [3.8, 4) is 0 Å². The monoisotopic (exact) mass is 277 g/mol. The molecule has 0 unspecified atom stereocenters. The van der Waals surface area contributed by atoms with E-state index in [9.17, 15) is 8.42 Å². The van der Waals surface area contributed by atoms with Crippen molar-refractivity contribution in [2.75, 3.05) is 30.5 Å². The van der Waals surface area contributed by atoms with Gasteiger partial charge in [-0.2, -0.15) is 0 Å². The zero-order chi connectivity index (χ0) is 13.1. The lowest BCUT2D eigenvalue weighted by Crippen LogP contribution is -2.24. The first-order valence-electron chi connectivity index (χ1n) is 5.45. The normalized spacial score (nSPS) is 11.8. The van der Waals surface area contributed by atoms with Gasteiger partial charge >= 0.3 is 0 Å². The van der Waals surface area contributed by atoms with E-state index in [1.807, 2.05) is 18.9 Å². The lowest BCUT2D eigenvalue weighted by molar-refractivity contribution is 0.601. The Labute approximate surface area is 107 Å². The third-order valence-corrected chi connectivity index (χ3v) is 4.57. The number of hydrogen-bond donors (Lipinski definition) is 1. The Bertz CT molecular complexity index is 446. The Morgan fingerprint density at radius 1 is 1.47 bits per heavy atom. The number of aromatic nitrogens is 1. The Morgan fingerprint density at radius 2 is 2.12 bits per heavy atom. The Balaban J connectivity index is 2.75. The molecular weight excluding hydrogens is 258 g/mol. The zero-order valence-corrected chi connectivity index (χ0v) is 12.1. The van der Waals surface area contributed by atoms with Crippen LogP contribution in [0.15, 0.2) is 0 Å². The van der Waals surface area contributed by atoms with Crippen LogP contribution >= 0.6 is 11.3 Å². The van der Waals surface area contributed by atoms with Crippen LogP contribution in [0.3, 0.4) is 0 Å². The molecule has 0 aliphatic carbocycles. The summed E-state index contributed by atoms with van der Waals surface area (Å²) in [6, 6.07) is 0. The molecule has 0 spiro atoms. The Hall–Kier alpha value is -0.660. The third kappa shape index (κ3) is 4.25. The van der Waals surface area contributed by atoms with Crippen LogP contribution in [0.4, 0.5) is 5.13 Å². The summed E-state index contributed by atoms with van der Waals surface area (Å²) in [4.78, 5) is 7.41. The molecule has 1 aromatic heterocycles. The molecule has 0 fully saturated rings. The highest BCUT2D eigenvalue weighted by Crippen LogP contribution is 2.25. The summed E-state index contributed by atoms with van der Waals surface area (Å²) in [6.07, 6.45) is 2.09. The van der Waals surface area contributed by atoms with Gasteiger partial charge < -0.3 is 10.6 Å². The average Bonchev–Trinajstić information content (AvgIpc) is 2.67. The molecule has 0 atom stereocenters. The van der Waals surface area contributed by atoms with Gasteiger partial charge in [0, 0.05) is 31.3 Å². The van der Waals surface area contributed by atoms with Crippen LogP contribution in [-0.2, 0) is 22.8 Å². The van der Waals surface area contributed by atoms with Crippen LogP contribution in [0.25, 0.3) is 0 Å². The van der Waals surface area contributed by atoms with Crippen molar-refractivity contribution in [3.63, 3.8) is 0 Å². The van der Waals surface area contributed by atoms with Crippen LogP contribution in [0.5, 0.6) is 0 Å². The summed E-state index contributed by atoms with van der Waals surface area (Å²) >= 11 is 1.54. The molecule has 1 rings (SSSR count). The number of anilines is 1. The van der Waals surface area contributed by atoms with Crippen molar-refractivity contribution in [1.29, 1.82) is 0 Å². The average molecular weight is 277 g/mol. The minimum atomic E-state index is -2.93. The fourth-order valence-corrected chi connectivity index (χ4v) is 2.99. The van der Waals surface area contributed by atoms with Gasteiger partial charge in [-0.15, -0.1) is 11.3 Å². The maximum absolute atomic E-state index is 11.1. The summed E-state index contributed by atoms with van der Waals surface area (Å²) in [5.74, 6) is 0.141. The number of sulfone groups is 1. The standard InChI is InChI=1S/C10H19N3O2S2/c1-4-8-9(7-11)16-10(12-8)13(2)5-6-17(3,14)15/h4-7,11H2,1-3H3. The molecule has 7 heteroatoms. The SMILES string of the molecule is CCc1nc(N(C)CCS(C)(=O)=O)sc1CN. The van der Waals surface area contributed by atoms with Crippen LogP contribution in [0, 0.1) is 0 Å². The zero-order valence-electron chi connectivity index (χ0n) is 10.4. The second-order valence-corrected chi connectivity index (χ2v) is 7.30. The van der Waals surface area contributed by atoms with Crippen LogP contribution in [0.1, 0.15) is 17.5 Å². The highest BCUT2D eigenvalue weighted by Gasteiger charge is 2.13. The number of nitrogens with zero attached hydrogens (tertiary/aromatic N) is 2. The van der Waals surface area contributed by atoms with E-state index in [1.165, 1.54) is 17.6 Å². The number of hydrogen-bond acceptors (Lipinski definition) is 6. The van der Waals surface area contributed by atoms with Gasteiger partial charge in [-0.3, -0.25) is 0 Å².